The molecule has 1 fully saturated rings. The second-order valence-electron chi connectivity index (χ2n) is 2.53. The molecule has 1 saturated carbocycles. The second-order valence-corrected chi connectivity index (χ2v) is 2.53. The van der Waals surface area contributed by atoms with Crippen LogP contribution < -0.4 is 0 Å². The van der Waals surface area contributed by atoms with Gasteiger partial charge < -0.3 is 0 Å². The summed E-state index contributed by atoms with van der Waals surface area (Å²) >= 11 is 0. The van der Waals surface area contributed by atoms with Gasteiger partial charge in [-0.25, -0.2) is 40.8 Å². The summed E-state index contributed by atoms with van der Waals surface area (Å²) in [6, 6.07) is 0. The van der Waals surface area contributed by atoms with Crippen LogP contribution in [0.5, 0.6) is 0 Å². The van der Waals surface area contributed by atoms with Crippen molar-refractivity contribution in [1.82, 2.24) is 0 Å². The van der Waals surface area contributed by atoms with Crippen molar-refractivity contribution < 1.29 is 19.2 Å². The highest BCUT2D eigenvalue weighted by atomic mass is 16.1. The largest absolute Gasteiger partial charge is 0.231 e. The summed E-state index contributed by atoms with van der Waals surface area (Å²) in [5.74, 6) is 0. The van der Waals surface area contributed by atoms with Gasteiger partial charge in [0.25, 0.3) is 0 Å². The van der Waals surface area contributed by atoms with Crippen LogP contribution in [0.3, 0.4) is 0 Å². The second kappa shape index (κ2) is 240. The summed E-state index contributed by atoms with van der Waals surface area (Å²) in [5.41, 5.74) is 0. The third kappa shape index (κ3) is 963. The molecule has 0 aromatic rings. The van der Waals surface area contributed by atoms with Crippen LogP contribution in [0.4, 0.5) is 0 Å². The highest BCUT2D eigenvalue weighted by Crippen LogP contribution is 2.15. The SMILES string of the molecule is C.C.C.C.C.C.C.C.C.C.C1CCCCC1.N=C=O.N=C=O.N=C=O.N=C=O. The molecule has 0 unspecified atom stereocenters. The zero-order valence-corrected chi connectivity index (χ0v) is 9.88. The van der Waals surface area contributed by atoms with Gasteiger partial charge in [-0.3, -0.25) is 0 Å². The first kappa shape index (κ1) is 116. The normalized spacial score (nSPS) is 6.29. The summed E-state index contributed by atoms with van der Waals surface area (Å²) in [7, 11) is 0. The van der Waals surface area contributed by atoms with Gasteiger partial charge in [-0.15, -0.1) is 0 Å². The number of hydrogen-bond acceptors (Lipinski definition) is 8. The van der Waals surface area contributed by atoms with E-state index in [2.05, 4.69) is 0 Å². The van der Waals surface area contributed by atoms with E-state index < -0.39 is 0 Å². The van der Waals surface area contributed by atoms with Crippen molar-refractivity contribution >= 4 is 24.3 Å². The minimum absolute atomic E-state index is 0. The molecule has 0 aromatic heterocycles. The van der Waals surface area contributed by atoms with Gasteiger partial charge in [0, 0.05) is 0 Å². The van der Waals surface area contributed by atoms with Crippen molar-refractivity contribution in [3.63, 3.8) is 0 Å². The lowest BCUT2D eigenvalue weighted by molar-refractivity contribution is 0.504. The molecule has 1 aliphatic rings. The third-order valence-corrected chi connectivity index (χ3v) is 1.50. The Hall–Kier alpha value is -2.48. The zero-order valence-electron chi connectivity index (χ0n) is 9.88. The fourth-order valence-corrected chi connectivity index (χ4v) is 1.06. The smallest absolute Gasteiger partial charge is 0.222 e. The van der Waals surface area contributed by atoms with E-state index in [0.29, 0.717) is 0 Å². The maximum Gasteiger partial charge on any atom is 0.231 e. The number of rotatable bonds is 0. The predicted molar refractivity (Wildman–Crippen MR) is 129 cm³/mol. The summed E-state index contributed by atoms with van der Waals surface area (Å²) < 4.78 is 0. The lowest BCUT2D eigenvalue weighted by Gasteiger charge is -2.05. The van der Waals surface area contributed by atoms with Crippen molar-refractivity contribution in [2.45, 2.75) is 113 Å². The molecule has 0 aromatic carbocycles. The summed E-state index contributed by atoms with van der Waals surface area (Å²) in [4.78, 5) is 33.4. The van der Waals surface area contributed by atoms with Gasteiger partial charge in [0.1, 0.15) is 0 Å². The fourth-order valence-electron chi connectivity index (χ4n) is 1.06. The van der Waals surface area contributed by atoms with Gasteiger partial charge in [-0.2, -0.15) is 0 Å². The predicted octanol–water partition coefficient (Wildman–Crippen LogP) is 8.31. The number of hydrogen-bond donors (Lipinski definition) is 4. The molecule has 8 heteroatoms. The van der Waals surface area contributed by atoms with Crippen molar-refractivity contribution in [3.8, 4) is 0 Å². The first-order valence-electron chi connectivity index (χ1n) is 4.82. The highest BCUT2D eigenvalue weighted by molar-refractivity contribution is 5.26. The standard InChI is InChI=1S/C6H12.4CHNO.10CH4/c1-2-4-6-5-3-1;4*2-1-3;;;;;;;;;;/h1-6H2;4*2H;10*1H4. The average molecular weight is 417 g/mol. The third-order valence-electron chi connectivity index (χ3n) is 1.50. The van der Waals surface area contributed by atoms with E-state index in [1.165, 1.54) is 38.5 Å². The van der Waals surface area contributed by atoms with Crippen LogP contribution in [0.2, 0.25) is 0 Å². The van der Waals surface area contributed by atoms with Crippen LogP contribution in [0.1, 0.15) is 113 Å². The Labute approximate surface area is 178 Å². The molecule has 180 valence electrons. The van der Waals surface area contributed by atoms with Crippen LogP contribution in [0.15, 0.2) is 0 Å². The van der Waals surface area contributed by atoms with Gasteiger partial charge in [0.15, 0.2) is 0 Å². The Morgan fingerprint density at radius 1 is 0.321 bits per heavy atom. The Bertz CT molecular complexity index is 223. The van der Waals surface area contributed by atoms with Gasteiger partial charge >= 0.3 is 0 Å². The van der Waals surface area contributed by atoms with E-state index in [0.717, 1.165) is 24.3 Å². The average Bonchev–Trinajstić information content (AvgIpc) is 2.35. The summed E-state index contributed by atoms with van der Waals surface area (Å²) in [6.07, 6.45) is 12.0. The molecule has 0 amide bonds. The van der Waals surface area contributed by atoms with E-state index in [-0.39, 0.29) is 74.3 Å². The molecule has 4 N–H and O–H groups in total. The monoisotopic (exact) mass is 416 g/mol. The minimum atomic E-state index is 0. The molecule has 1 aliphatic carbocycles. The molecule has 0 heterocycles. The molecule has 0 aliphatic heterocycles. The van der Waals surface area contributed by atoms with Crippen LogP contribution >= 0.6 is 0 Å². The van der Waals surface area contributed by atoms with E-state index in [9.17, 15) is 0 Å². The van der Waals surface area contributed by atoms with Crippen LogP contribution in [0.25, 0.3) is 0 Å². The van der Waals surface area contributed by atoms with Crippen LogP contribution in [-0.2, 0) is 19.2 Å². The first-order valence-corrected chi connectivity index (χ1v) is 4.82. The number of nitrogens with one attached hydrogen (secondary N) is 4. The first-order chi connectivity index (χ1) is 8.66. The lowest BCUT2D eigenvalue weighted by Crippen LogP contribution is -1.85. The molecule has 1 rings (SSSR count). The van der Waals surface area contributed by atoms with E-state index >= 15 is 0 Å². The molecule has 0 spiro atoms. The Kier molecular flexibility index (Phi) is 990. The molecule has 0 bridgehead atoms. The van der Waals surface area contributed by atoms with E-state index in [4.69, 9.17) is 40.8 Å². The van der Waals surface area contributed by atoms with Crippen LogP contribution in [0, 0.1) is 21.6 Å². The summed E-state index contributed by atoms with van der Waals surface area (Å²) in [5, 5.41) is 21.6. The zero-order chi connectivity index (χ0) is 15.1. The lowest BCUT2D eigenvalue weighted by atomic mass is 10.0. The Balaban J connectivity index is -0.00000000692. The van der Waals surface area contributed by atoms with Gasteiger partial charge in [-0.1, -0.05) is 113 Å². The molecule has 0 atom stereocenters. The molecule has 8 nitrogen and oxygen atoms in total. The van der Waals surface area contributed by atoms with Crippen molar-refractivity contribution in [2.75, 3.05) is 0 Å². The van der Waals surface area contributed by atoms with Crippen molar-refractivity contribution in [3.05, 3.63) is 0 Å². The Morgan fingerprint density at radius 2 is 0.357 bits per heavy atom. The van der Waals surface area contributed by atoms with Crippen molar-refractivity contribution in [2.24, 2.45) is 0 Å². The molecule has 28 heavy (non-hydrogen) atoms. The topological polar surface area (TPSA) is 164 Å². The summed E-state index contributed by atoms with van der Waals surface area (Å²) in [6.45, 7) is 0. The Morgan fingerprint density at radius 3 is 0.393 bits per heavy atom. The number of isocyanates is 4. The molecular weight excluding hydrogens is 360 g/mol. The van der Waals surface area contributed by atoms with Gasteiger partial charge in [0.05, 0.1) is 0 Å². The highest BCUT2D eigenvalue weighted by Gasteiger charge is 1.95. The maximum atomic E-state index is 8.35. The minimum Gasteiger partial charge on any atom is -0.222 e. The number of carbonyl (C=O) groups excluding carboxylic acids is 4. The van der Waals surface area contributed by atoms with Crippen molar-refractivity contribution in [1.29, 1.82) is 21.6 Å². The quantitative estimate of drug-likeness (QED) is 0.230. The molecular formula is C20H56N4O4. The van der Waals surface area contributed by atoms with E-state index in [1.807, 2.05) is 0 Å². The molecule has 0 radical (unpaired) electrons. The van der Waals surface area contributed by atoms with E-state index in [1.54, 1.807) is 0 Å². The fraction of sp³-hybridized carbons (Fsp3) is 0.800. The molecule has 0 saturated heterocycles. The van der Waals surface area contributed by atoms with Gasteiger partial charge in [0.2, 0.25) is 24.3 Å². The van der Waals surface area contributed by atoms with Crippen LogP contribution in [-0.4, -0.2) is 24.3 Å². The maximum absolute atomic E-state index is 8.35. The van der Waals surface area contributed by atoms with Gasteiger partial charge in [-0.05, 0) is 0 Å².